The van der Waals surface area contributed by atoms with E-state index in [0.29, 0.717) is 27.2 Å². The summed E-state index contributed by atoms with van der Waals surface area (Å²) in [7, 11) is 1.39. The Morgan fingerprint density at radius 1 is 1.38 bits per heavy atom. The SMILES string of the molecule is CCOc1cc(/C=C2/NC(=O)N(C)C2=O)cc(I)c1OCC(=O)O. The molecule has 1 aromatic carbocycles. The molecular formula is C15H15IN2O6. The maximum atomic E-state index is 11.9. The number of nitrogens with one attached hydrogen (secondary N) is 1. The zero-order chi connectivity index (χ0) is 17.9. The molecule has 2 rings (SSSR count). The molecule has 1 heterocycles. The van der Waals surface area contributed by atoms with Crippen molar-refractivity contribution in [1.29, 1.82) is 0 Å². The van der Waals surface area contributed by atoms with E-state index in [0.717, 1.165) is 4.90 Å². The van der Waals surface area contributed by atoms with Crippen molar-refractivity contribution >= 4 is 46.6 Å². The first kappa shape index (κ1) is 18.0. The Kier molecular flexibility index (Phi) is 5.65. The smallest absolute Gasteiger partial charge is 0.341 e. The molecule has 0 aromatic heterocycles. The monoisotopic (exact) mass is 446 g/mol. The summed E-state index contributed by atoms with van der Waals surface area (Å²) in [4.78, 5) is 35.1. The summed E-state index contributed by atoms with van der Waals surface area (Å²) in [6.45, 7) is 1.66. The van der Waals surface area contributed by atoms with Gasteiger partial charge < -0.3 is 19.9 Å². The van der Waals surface area contributed by atoms with Crippen molar-refractivity contribution in [3.63, 3.8) is 0 Å². The van der Waals surface area contributed by atoms with Crippen LogP contribution in [0.2, 0.25) is 0 Å². The number of urea groups is 1. The molecule has 0 saturated carbocycles. The van der Waals surface area contributed by atoms with Crippen LogP contribution in [-0.2, 0) is 9.59 Å². The van der Waals surface area contributed by atoms with Gasteiger partial charge in [-0.05, 0) is 53.3 Å². The van der Waals surface area contributed by atoms with E-state index >= 15 is 0 Å². The van der Waals surface area contributed by atoms with Crippen LogP contribution in [0.5, 0.6) is 11.5 Å². The molecule has 1 saturated heterocycles. The summed E-state index contributed by atoms with van der Waals surface area (Å²) in [5.41, 5.74) is 0.768. The van der Waals surface area contributed by atoms with E-state index in [2.05, 4.69) is 5.32 Å². The number of imide groups is 1. The molecule has 128 valence electrons. The summed E-state index contributed by atoms with van der Waals surface area (Å²) in [5, 5.41) is 11.2. The van der Waals surface area contributed by atoms with E-state index in [4.69, 9.17) is 14.6 Å². The van der Waals surface area contributed by atoms with Crippen LogP contribution in [0.15, 0.2) is 17.8 Å². The Balaban J connectivity index is 2.37. The van der Waals surface area contributed by atoms with E-state index in [1.165, 1.54) is 13.1 Å². The minimum absolute atomic E-state index is 0.153. The second-order valence-electron chi connectivity index (χ2n) is 4.80. The first-order chi connectivity index (χ1) is 11.3. The number of amides is 3. The van der Waals surface area contributed by atoms with E-state index in [-0.39, 0.29) is 5.70 Å². The predicted molar refractivity (Wildman–Crippen MR) is 92.7 cm³/mol. The third-order valence-corrected chi connectivity index (χ3v) is 3.87. The molecule has 1 aliphatic rings. The van der Waals surface area contributed by atoms with Crippen LogP contribution < -0.4 is 14.8 Å². The average molecular weight is 446 g/mol. The van der Waals surface area contributed by atoms with E-state index in [1.54, 1.807) is 19.1 Å². The van der Waals surface area contributed by atoms with Crippen LogP contribution >= 0.6 is 22.6 Å². The van der Waals surface area contributed by atoms with Gasteiger partial charge in [0, 0.05) is 7.05 Å². The molecule has 0 bridgehead atoms. The van der Waals surface area contributed by atoms with Gasteiger partial charge in [0.25, 0.3) is 5.91 Å². The number of carboxylic acids is 1. The molecular weight excluding hydrogens is 431 g/mol. The van der Waals surface area contributed by atoms with Gasteiger partial charge in [-0.2, -0.15) is 0 Å². The molecule has 8 nitrogen and oxygen atoms in total. The van der Waals surface area contributed by atoms with Crippen LogP contribution in [0.3, 0.4) is 0 Å². The number of hydrogen-bond acceptors (Lipinski definition) is 5. The molecule has 0 unspecified atom stereocenters. The van der Waals surface area contributed by atoms with Crippen LogP contribution in [0.1, 0.15) is 12.5 Å². The number of aliphatic carboxylic acids is 1. The quantitative estimate of drug-likeness (QED) is 0.392. The highest BCUT2D eigenvalue weighted by atomic mass is 127. The number of nitrogens with zero attached hydrogens (tertiary/aromatic N) is 1. The average Bonchev–Trinajstić information content (AvgIpc) is 2.74. The molecule has 1 fully saturated rings. The Labute approximate surface area is 151 Å². The lowest BCUT2D eigenvalue weighted by molar-refractivity contribution is -0.139. The maximum Gasteiger partial charge on any atom is 0.341 e. The summed E-state index contributed by atoms with van der Waals surface area (Å²) < 4.78 is 11.4. The van der Waals surface area contributed by atoms with Crippen molar-refractivity contribution in [2.45, 2.75) is 6.92 Å². The van der Waals surface area contributed by atoms with E-state index in [1.807, 2.05) is 22.6 Å². The first-order valence-corrected chi connectivity index (χ1v) is 8.03. The van der Waals surface area contributed by atoms with Crippen molar-refractivity contribution in [3.8, 4) is 11.5 Å². The standard InChI is InChI=1S/C15H15IN2O6/c1-3-23-11-6-8(4-9(16)13(11)24-7-12(19)20)5-10-14(21)18(2)15(22)17-10/h4-6H,3,7H2,1-2H3,(H,17,22)(H,19,20)/b10-5+. The fourth-order valence-corrected chi connectivity index (χ4v) is 2.78. The molecule has 0 spiro atoms. The van der Waals surface area contributed by atoms with Crippen LogP contribution in [0, 0.1) is 3.57 Å². The highest BCUT2D eigenvalue weighted by molar-refractivity contribution is 14.1. The van der Waals surface area contributed by atoms with Crippen molar-refractivity contribution in [1.82, 2.24) is 10.2 Å². The Morgan fingerprint density at radius 2 is 2.08 bits per heavy atom. The van der Waals surface area contributed by atoms with Crippen molar-refractivity contribution in [2.75, 3.05) is 20.3 Å². The molecule has 1 aliphatic heterocycles. The van der Waals surface area contributed by atoms with Gasteiger partial charge in [0.2, 0.25) is 0 Å². The molecule has 24 heavy (non-hydrogen) atoms. The van der Waals surface area contributed by atoms with Crippen LogP contribution in [-0.4, -0.2) is 48.2 Å². The summed E-state index contributed by atoms with van der Waals surface area (Å²) in [6.07, 6.45) is 1.52. The molecule has 3 amide bonds. The predicted octanol–water partition coefficient (Wildman–Crippen LogP) is 1.68. The summed E-state index contributed by atoms with van der Waals surface area (Å²) in [6, 6.07) is 2.82. The second kappa shape index (κ2) is 7.51. The Hall–Kier alpha value is -2.30. The van der Waals surface area contributed by atoms with Crippen molar-refractivity contribution in [3.05, 3.63) is 27.0 Å². The van der Waals surface area contributed by atoms with Gasteiger partial charge in [0.05, 0.1) is 10.2 Å². The Morgan fingerprint density at radius 3 is 2.62 bits per heavy atom. The second-order valence-corrected chi connectivity index (χ2v) is 5.96. The molecule has 1 aromatic rings. The zero-order valence-corrected chi connectivity index (χ0v) is 15.1. The highest BCUT2D eigenvalue weighted by Crippen LogP contribution is 2.35. The fourth-order valence-electron chi connectivity index (χ4n) is 2.00. The fraction of sp³-hybridized carbons (Fsp3) is 0.267. The number of benzene rings is 1. The third kappa shape index (κ3) is 3.96. The zero-order valence-electron chi connectivity index (χ0n) is 13.0. The minimum atomic E-state index is -1.10. The topological polar surface area (TPSA) is 105 Å². The molecule has 9 heteroatoms. The van der Waals surface area contributed by atoms with Gasteiger partial charge in [0.1, 0.15) is 5.70 Å². The number of hydrogen-bond donors (Lipinski definition) is 2. The number of likely N-dealkylation sites (N-methyl/N-ethyl adjacent to an activating group) is 1. The molecule has 0 aliphatic carbocycles. The van der Waals surface area contributed by atoms with Gasteiger partial charge in [-0.15, -0.1) is 0 Å². The lowest BCUT2D eigenvalue weighted by Gasteiger charge is -2.13. The van der Waals surface area contributed by atoms with Gasteiger partial charge in [-0.3, -0.25) is 9.69 Å². The van der Waals surface area contributed by atoms with E-state index < -0.39 is 24.5 Å². The highest BCUT2D eigenvalue weighted by Gasteiger charge is 2.30. The summed E-state index contributed by atoms with van der Waals surface area (Å²) >= 11 is 1.99. The van der Waals surface area contributed by atoms with E-state index in [9.17, 15) is 14.4 Å². The van der Waals surface area contributed by atoms with Gasteiger partial charge in [-0.25, -0.2) is 9.59 Å². The normalized spacial score (nSPS) is 15.6. The minimum Gasteiger partial charge on any atom is -0.490 e. The molecule has 0 atom stereocenters. The van der Waals surface area contributed by atoms with Gasteiger partial charge >= 0.3 is 12.0 Å². The number of halogens is 1. The molecule has 2 N–H and O–H groups in total. The largest absolute Gasteiger partial charge is 0.490 e. The summed E-state index contributed by atoms with van der Waals surface area (Å²) in [5.74, 6) is -0.843. The van der Waals surface area contributed by atoms with Crippen LogP contribution in [0.4, 0.5) is 4.79 Å². The maximum absolute atomic E-state index is 11.9. The van der Waals surface area contributed by atoms with Crippen molar-refractivity contribution in [2.24, 2.45) is 0 Å². The van der Waals surface area contributed by atoms with Gasteiger partial charge in [0.15, 0.2) is 18.1 Å². The number of carbonyl (C=O) groups is 3. The lowest BCUT2D eigenvalue weighted by Crippen LogP contribution is -2.25. The third-order valence-electron chi connectivity index (χ3n) is 3.06. The molecule has 0 radical (unpaired) electrons. The van der Waals surface area contributed by atoms with Crippen LogP contribution in [0.25, 0.3) is 6.08 Å². The number of rotatable bonds is 6. The lowest BCUT2D eigenvalue weighted by atomic mass is 10.1. The number of ether oxygens (including phenoxy) is 2. The number of carbonyl (C=O) groups excluding carboxylic acids is 2. The van der Waals surface area contributed by atoms with Crippen molar-refractivity contribution < 1.29 is 29.0 Å². The Bertz CT molecular complexity index is 731. The number of carboxylic acid groups (broad SMARTS) is 1. The first-order valence-electron chi connectivity index (χ1n) is 6.95. The van der Waals surface area contributed by atoms with Gasteiger partial charge in [-0.1, -0.05) is 0 Å².